The van der Waals surface area contributed by atoms with Crippen molar-refractivity contribution in [2.75, 3.05) is 6.54 Å². The maximum absolute atomic E-state index is 12.5. The molecule has 0 amide bonds. The number of pyridine rings is 1. The minimum atomic E-state index is -0.281. The van der Waals surface area contributed by atoms with Gasteiger partial charge in [-0.3, -0.25) is 4.98 Å². The first kappa shape index (κ1) is 7.88. The van der Waals surface area contributed by atoms with Crippen molar-refractivity contribution in [2.24, 2.45) is 5.73 Å². The van der Waals surface area contributed by atoms with Crippen LogP contribution < -0.4 is 5.73 Å². The topological polar surface area (TPSA) is 38.9 Å². The molecule has 3 heteroatoms. The zero-order valence-corrected chi connectivity index (χ0v) is 6.00. The van der Waals surface area contributed by atoms with Crippen molar-refractivity contribution in [1.29, 1.82) is 0 Å². The van der Waals surface area contributed by atoms with E-state index < -0.39 is 0 Å². The van der Waals surface area contributed by atoms with Crippen LogP contribution in [0.5, 0.6) is 0 Å². The Kier molecular flexibility index (Phi) is 2.74. The van der Waals surface area contributed by atoms with Crippen LogP contribution in [0.3, 0.4) is 0 Å². The maximum Gasteiger partial charge on any atom is 0.126 e. The van der Waals surface area contributed by atoms with Gasteiger partial charge in [-0.1, -0.05) is 6.08 Å². The van der Waals surface area contributed by atoms with Crippen molar-refractivity contribution in [3.8, 4) is 0 Å². The fourth-order valence-electron chi connectivity index (χ4n) is 0.701. The molecule has 0 aliphatic heterocycles. The Bertz CT molecular complexity index is 258. The second-order valence-electron chi connectivity index (χ2n) is 2.04. The van der Waals surface area contributed by atoms with E-state index in [1.54, 1.807) is 12.2 Å². The summed E-state index contributed by atoms with van der Waals surface area (Å²) >= 11 is 0. The van der Waals surface area contributed by atoms with Crippen molar-refractivity contribution in [2.45, 2.75) is 0 Å². The lowest BCUT2D eigenvalue weighted by Crippen LogP contribution is -1.92. The van der Waals surface area contributed by atoms with Gasteiger partial charge in [-0.05, 0) is 18.2 Å². The fourth-order valence-corrected chi connectivity index (χ4v) is 0.701. The zero-order chi connectivity index (χ0) is 8.10. The van der Waals surface area contributed by atoms with Crippen LogP contribution in [-0.2, 0) is 0 Å². The second-order valence-corrected chi connectivity index (χ2v) is 2.04. The van der Waals surface area contributed by atoms with Crippen LogP contribution in [0, 0.1) is 5.82 Å². The molecule has 0 atom stereocenters. The summed E-state index contributed by atoms with van der Waals surface area (Å²) in [5.41, 5.74) is 5.80. The molecule has 0 fully saturated rings. The lowest BCUT2D eigenvalue weighted by atomic mass is 10.3. The van der Waals surface area contributed by atoms with E-state index in [0.717, 1.165) is 0 Å². The van der Waals surface area contributed by atoms with Gasteiger partial charge in [0.2, 0.25) is 0 Å². The van der Waals surface area contributed by atoms with Crippen molar-refractivity contribution < 1.29 is 4.39 Å². The quantitative estimate of drug-likeness (QED) is 0.691. The Morgan fingerprint density at radius 3 is 3.09 bits per heavy atom. The molecule has 0 spiro atoms. The molecule has 1 aromatic rings. The van der Waals surface area contributed by atoms with E-state index in [2.05, 4.69) is 4.98 Å². The molecule has 0 bridgehead atoms. The van der Waals surface area contributed by atoms with E-state index in [9.17, 15) is 4.39 Å². The monoisotopic (exact) mass is 152 g/mol. The van der Waals surface area contributed by atoms with Gasteiger partial charge in [-0.15, -0.1) is 0 Å². The lowest BCUT2D eigenvalue weighted by molar-refractivity contribution is 0.625. The number of hydrogen-bond acceptors (Lipinski definition) is 2. The molecule has 0 aliphatic rings. The minimum Gasteiger partial charge on any atom is -0.327 e. The fraction of sp³-hybridized carbons (Fsp3) is 0.125. The van der Waals surface area contributed by atoms with E-state index in [0.29, 0.717) is 12.2 Å². The van der Waals surface area contributed by atoms with Crippen molar-refractivity contribution in [1.82, 2.24) is 4.98 Å². The molecular weight excluding hydrogens is 143 g/mol. The maximum atomic E-state index is 12.5. The first-order valence-electron chi connectivity index (χ1n) is 3.31. The molecule has 0 unspecified atom stereocenters. The van der Waals surface area contributed by atoms with Gasteiger partial charge >= 0.3 is 0 Å². The van der Waals surface area contributed by atoms with Gasteiger partial charge in [0, 0.05) is 12.7 Å². The number of nitrogens with zero attached hydrogens (tertiary/aromatic N) is 1. The Hall–Kier alpha value is -1.22. The van der Waals surface area contributed by atoms with Crippen LogP contribution in [0.4, 0.5) is 4.39 Å². The molecule has 1 aromatic heterocycles. The Labute approximate surface area is 64.6 Å². The standard InChI is InChI=1S/C8H9FN2/c9-7-3-5-11-8(6-7)2-1-4-10/h1-3,5-6H,4,10H2/b2-1+. The van der Waals surface area contributed by atoms with E-state index in [-0.39, 0.29) is 5.82 Å². The van der Waals surface area contributed by atoms with Gasteiger partial charge in [-0.2, -0.15) is 0 Å². The highest BCUT2D eigenvalue weighted by Gasteiger charge is 1.89. The summed E-state index contributed by atoms with van der Waals surface area (Å²) in [7, 11) is 0. The van der Waals surface area contributed by atoms with Crippen LogP contribution >= 0.6 is 0 Å². The summed E-state index contributed by atoms with van der Waals surface area (Å²) in [4.78, 5) is 3.89. The summed E-state index contributed by atoms with van der Waals surface area (Å²) in [6, 6.07) is 2.66. The van der Waals surface area contributed by atoms with Gasteiger partial charge in [0.25, 0.3) is 0 Å². The normalized spacial score (nSPS) is 10.7. The third-order valence-corrected chi connectivity index (χ3v) is 1.17. The Morgan fingerprint density at radius 1 is 1.64 bits per heavy atom. The van der Waals surface area contributed by atoms with Crippen LogP contribution in [0.25, 0.3) is 6.08 Å². The Balaban J connectivity index is 2.79. The number of hydrogen-bond donors (Lipinski definition) is 1. The van der Waals surface area contributed by atoms with Crippen LogP contribution in [0.1, 0.15) is 5.69 Å². The molecule has 0 radical (unpaired) electrons. The first-order chi connectivity index (χ1) is 5.33. The van der Waals surface area contributed by atoms with E-state index >= 15 is 0 Å². The van der Waals surface area contributed by atoms with Gasteiger partial charge in [-0.25, -0.2) is 4.39 Å². The summed E-state index contributed by atoms with van der Waals surface area (Å²) in [5, 5.41) is 0. The summed E-state index contributed by atoms with van der Waals surface area (Å²) in [5.74, 6) is -0.281. The molecular formula is C8H9FN2. The smallest absolute Gasteiger partial charge is 0.126 e. The van der Waals surface area contributed by atoms with Crippen LogP contribution in [0.2, 0.25) is 0 Å². The summed E-state index contributed by atoms with van der Waals surface area (Å²) < 4.78 is 12.5. The highest BCUT2D eigenvalue weighted by molar-refractivity contribution is 5.44. The molecule has 0 saturated heterocycles. The van der Waals surface area contributed by atoms with E-state index in [1.165, 1.54) is 18.3 Å². The van der Waals surface area contributed by atoms with Gasteiger partial charge in [0.05, 0.1) is 5.69 Å². The zero-order valence-electron chi connectivity index (χ0n) is 6.00. The van der Waals surface area contributed by atoms with Crippen molar-refractivity contribution >= 4 is 6.08 Å². The summed E-state index contributed by atoms with van der Waals surface area (Å²) in [6.07, 6.45) is 4.83. The molecule has 11 heavy (non-hydrogen) atoms. The average Bonchev–Trinajstić information content (AvgIpc) is 2.01. The van der Waals surface area contributed by atoms with Crippen LogP contribution in [-0.4, -0.2) is 11.5 Å². The molecule has 0 aliphatic carbocycles. The molecule has 2 nitrogen and oxygen atoms in total. The molecule has 2 N–H and O–H groups in total. The predicted molar refractivity (Wildman–Crippen MR) is 42.3 cm³/mol. The predicted octanol–water partition coefficient (Wildman–Crippen LogP) is 1.19. The number of nitrogens with two attached hydrogens (primary N) is 1. The first-order valence-corrected chi connectivity index (χ1v) is 3.31. The molecule has 1 rings (SSSR count). The summed E-state index contributed by atoms with van der Waals surface area (Å²) in [6.45, 7) is 0.443. The van der Waals surface area contributed by atoms with Gasteiger partial charge in [0.15, 0.2) is 0 Å². The van der Waals surface area contributed by atoms with E-state index in [1.807, 2.05) is 0 Å². The minimum absolute atomic E-state index is 0.281. The highest BCUT2D eigenvalue weighted by atomic mass is 19.1. The van der Waals surface area contributed by atoms with Crippen LogP contribution in [0.15, 0.2) is 24.4 Å². The van der Waals surface area contributed by atoms with Gasteiger partial charge < -0.3 is 5.73 Å². The van der Waals surface area contributed by atoms with Crippen molar-refractivity contribution in [3.05, 3.63) is 35.9 Å². The largest absolute Gasteiger partial charge is 0.327 e. The molecule has 58 valence electrons. The number of halogens is 1. The molecule has 0 aromatic carbocycles. The SMILES string of the molecule is NC/C=C/c1cc(F)ccn1. The number of aromatic nitrogens is 1. The van der Waals surface area contributed by atoms with Crippen molar-refractivity contribution in [3.63, 3.8) is 0 Å². The van der Waals surface area contributed by atoms with Gasteiger partial charge in [0.1, 0.15) is 5.82 Å². The third-order valence-electron chi connectivity index (χ3n) is 1.17. The number of rotatable bonds is 2. The average molecular weight is 152 g/mol. The lowest BCUT2D eigenvalue weighted by Gasteiger charge is -1.90. The highest BCUT2D eigenvalue weighted by Crippen LogP contribution is 2.00. The molecule has 0 saturated carbocycles. The third kappa shape index (κ3) is 2.47. The molecule has 1 heterocycles. The second kappa shape index (κ2) is 3.83. The van der Waals surface area contributed by atoms with E-state index in [4.69, 9.17) is 5.73 Å². The Morgan fingerprint density at radius 2 is 2.45 bits per heavy atom.